The van der Waals surface area contributed by atoms with E-state index in [1.54, 1.807) is 11.0 Å². The fraction of sp³-hybridized carbons (Fsp3) is 0.429. The maximum atomic E-state index is 4.17. The summed E-state index contributed by atoms with van der Waals surface area (Å²) in [4.78, 5) is 8.25. The molecule has 7 heteroatoms. The molecule has 0 spiro atoms. The highest BCUT2D eigenvalue weighted by Gasteiger charge is 2.01. The van der Waals surface area contributed by atoms with Crippen molar-refractivity contribution in [2.75, 3.05) is 5.32 Å². The van der Waals surface area contributed by atoms with Gasteiger partial charge in [0, 0.05) is 18.6 Å². The Morgan fingerprint density at radius 2 is 2.43 bits per heavy atom. The van der Waals surface area contributed by atoms with Crippen LogP contribution in [0.1, 0.15) is 11.6 Å². The van der Waals surface area contributed by atoms with E-state index in [9.17, 15) is 0 Å². The third kappa shape index (κ3) is 2.05. The van der Waals surface area contributed by atoms with Crippen LogP contribution in [-0.4, -0.2) is 24.1 Å². The molecular weight excluding hydrogens is 200 g/mol. The summed E-state index contributed by atoms with van der Waals surface area (Å²) in [6.07, 6.45) is 1.67. The van der Waals surface area contributed by atoms with Crippen molar-refractivity contribution in [3.05, 3.63) is 18.0 Å². The summed E-state index contributed by atoms with van der Waals surface area (Å²) in [5.74, 6) is 1.53. The SMILES string of the molecule is Cc1nsc(NCc2ncn(C)n2)n1. The second-order valence-electron chi connectivity index (χ2n) is 2.83. The molecule has 0 saturated carbocycles. The first-order valence-electron chi connectivity index (χ1n) is 4.13. The minimum Gasteiger partial charge on any atom is -0.353 e. The van der Waals surface area contributed by atoms with Gasteiger partial charge >= 0.3 is 0 Å². The van der Waals surface area contributed by atoms with Crippen LogP contribution in [0.5, 0.6) is 0 Å². The molecule has 0 fully saturated rings. The molecule has 0 amide bonds. The van der Waals surface area contributed by atoms with E-state index in [2.05, 4.69) is 24.8 Å². The number of rotatable bonds is 3. The molecule has 0 aromatic carbocycles. The first-order chi connectivity index (χ1) is 6.74. The van der Waals surface area contributed by atoms with Gasteiger partial charge < -0.3 is 5.32 Å². The Kier molecular flexibility index (Phi) is 2.40. The first-order valence-corrected chi connectivity index (χ1v) is 4.90. The molecule has 0 unspecified atom stereocenters. The smallest absolute Gasteiger partial charge is 0.202 e. The molecule has 0 aliphatic heterocycles. The van der Waals surface area contributed by atoms with Crippen molar-refractivity contribution in [3.63, 3.8) is 0 Å². The Morgan fingerprint density at radius 3 is 3.00 bits per heavy atom. The largest absolute Gasteiger partial charge is 0.353 e. The third-order valence-electron chi connectivity index (χ3n) is 1.57. The Balaban J connectivity index is 1.94. The molecule has 0 radical (unpaired) electrons. The second kappa shape index (κ2) is 3.70. The Labute approximate surface area is 85.2 Å². The zero-order valence-corrected chi connectivity index (χ0v) is 8.75. The number of anilines is 1. The summed E-state index contributed by atoms with van der Waals surface area (Å²) in [5.41, 5.74) is 0. The van der Waals surface area contributed by atoms with E-state index in [0.29, 0.717) is 6.54 Å². The minimum atomic E-state index is 0.579. The molecule has 6 nitrogen and oxygen atoms in total. The van der Waals surface area contributed by atoms with E-state index < -0.39 is 0 Å². The molecule has 2 rings (SSSR count). The Bertz CT molecular complexity index is 379. The highest BCUT2D eigenvalue weighted by molar-refractivity contribution is 7.09. The summed E-state index contributed by atoms with van der Waals surface area (Å²) in [5, 5.41) is 8.03. The van der Waals surface area contributed by atoms with Gasteiger partial charge in [0.25, 0.3) is 0 Å². The van der Waals surface area contributed by atoms with Gasteiger partial charge in [0.15, 0.2) is 5.82 Å². The van der Waals surface area contributed by atoms with E-state index in [4.69, 9.17) is 0 Å². The number of hydrogen-bond acceptors (Lipinski definition) is 6. The van der Waals surface area contributed by atoms with Gasteiger partial charge in [-0.05, 0) is 6.92 Å². The first kappa shape index (κ1) is 9.07. The third-order valence-corrected chi connectivity index (χ3v) is 2.34. The van der Waals surface area contributed by atoms with Crippen LogP contribution >= 0.6 is 11.5 Å². The number of nitrogens with zero attached hydrogens (tertiary/aromatic N) is 5. The van der Waals surface area contributed by atoms with Crippen molar-refractivity contribution in [2.24, 2.45) is 7.05 Å². The van der Waals surface area contributed by atoms with Crippen LogP contribution in [-0.2, 0) is 13.6 Å². The van der Waals surface area contributed by atoms with Crippen LogP contribution in [0.25, 0.3) is 0 Å². The fourth-order valence-electron chi connectivity index (χ4n) is 0.988. The molecule has 0 bridgehead atoms. The topological polar surface area (TPSA) is 68.5 Å². The van der Waals surface area contributed by atoms with E-state index in [-0.39, 0.29) is 0 Å². The highest BCUT2D eigenvalue weighted by Crippen LogP contribution is 2.10. The summed E-state index contributed by atoms with van der Waals surface area (Å²) in [6.45, 7) is 2.44. The summed E-state index contributed by atoms with van der Waals surface area (Å²) in [7, 11) is 1.84. The van der Waals surface area contributed by atoms with Gasteiger partial charge in [-0.1, -0.05) is 0 Å². The summed E-state index contributed by atoms with van der Waals surface area (Å²) >= 11 is 1.34. The molecule has 74 valence electrons. The summed E-state index contributed by atoms with van der Waals surface area (Å²) in [6, 6.07) is 0. The zero-order valence-electron chi connectivity index (χ0n) is 7.93. The van der Waals surface area contributed by atoms with Crippen molar-refractivity contribution in [2.45, 2.75) is 13.5 Å². The second-order valence-corrected chi connectivity index (χ2v) is 3.59. The van der Waals surface area contributed by atoms with Crippen molar-refractivity contribution >= 4 is 16.7 Å². The van der Waals surface area contributed by atoms with E-state index in [1.807, 2.05) is 14.0 Å². The fourth-order valence-corrected chi connectivity index (χ4v) is 1.56. The molecular formula is C7H10N6S. The number of aromatic nitrogens is 5. The van der Waals surface area contributed by atoms with Crippen LogP contribution in [0.4, 0.5) is 5.13 Å². The van der Waals surface area contributed by atoms with Gasteiger partial charge in [-0.3, -0.25) is 4.68 Å². The van der Waals surface area contributed by atoms with Gasteiger partial charge in [0.1, 0.15) is 12.2 Å². The van der Waals surface area contributed by atoms with E-state index in [0.717, 1.165) is 16.8 Å². The molecule has 14 heavy (non-hydrogen) atoms. The lowest BCUT2D eigenvalue weighted by molar-refractivity contribution is 0.747. The lowest BCUT2D eigenvalue weighted by Gasteiger charge is -1.95. The molecule has 1 N–H and O–H groups in total. The zero-order chi connectivity index (χ0) is 9.97. The predicted octanol–water partition coefficient (Wildman–Crippen LogP) is 0.587. The van der Waals surface area contributed by atoms with Crippen LogP contribution in [0, 0.1) is 6.92 Å². The average Bonchev–Trinajstić information content (AvgIpc) is 2.72. The normalized spacial score (nSPS) is 10.4. The van der Waals surface area contributed by atoms with Crippen LogP contribution < -0.4 is 5.32 Å². The van der Waals surface area contributed by atoms with Crippen molar-refractivity contribution in [3.8, 4) is 0 Å². The van der Waals surface area contributed by atoms with E-state index >= 15 is 0 Å². The molecule has 0 atom stereocenters. The van der Waals surface area contributed by atoms with Gasteiger partial charge in [0.05, 0.1) is 6.54 Å². The lowest BCUT2D eigenvalue weighted by atomic mass is 10.6. The standard InChI is InChI=1S/C7H10N6S/c1-5-10-7(14-12-5)8-3-6-9-4-13(2)11-6/h4H,3H2,1-2H3,(H,8,10,12). The highest BCUT2D eigenvalue weighted by atomic mass is 32.1. The minimum absolute atomic E-state index is 0.579. The van der Waals surface area contributed by atoms with Crippen LogP contribution in [0.2, 0.25) is 0 Å². The monoisotopic (exact) mass is 210 g/mol. The van der Waals surface area contributed by atoms with Crippen molar-refractivity contribution < 1.29 is 0 Å². The molecule has 2 heterocycles. The number of hydrogen-bond donors (Lipinski definition) is 1. The average molecular weight is 210 g/mol. The lowest BCUT2D eigenvalue weighted by Crippen LogP contribution is -2.01. The van der Waals surface area contributed by atoms with Gasteiger partial charge in [-0.15, -0.1) is 0 Å². The number of aryl methyl sites for hydroxylation is 2. The van der Waals surface area contributed by atoms with E-state index in [1.165, 1.54) is 11.5 Å². The quantitative estimate of drug-likeness (QED) is 0.802. The Hall–Kier alpha value is -1.50. The summed E-state index contributed by atoms with van der Waals surface area (Å²) < 4.78 is 5.73. The molecule has 0 saturated heterocycles. The van der Waals surface area contributed by atoms with Gasteiger partial charge in [0.2, 0.25) is 5.13 Å². The maximum absolute atomic E-state index is 4.17. The molecule has 0 aliphatic carbocycles. The van der Waals surface area contributed by atoms with Crippen LogP contribution in [0.15, 0.2) is 6.33 Å². The Morgan fingerprint density at radius 1 is 1.57 bits per heavy atom. The van der Waals surface area contributed by atoms with Gasteiger partial charge in [-0.25, -0.2) is 9.97 Å². The number of nitrogens with one attached hydrogen (secondary N) is 1. The molecule has 0 aliphatic rings. The molecule has 2 aromatic heterocycles. The molecule has 2 aromatic rings. The maximum Gasteiger partial charge on any atom is 0.202 e. The van der Waals surface area contributed by atoms with Crippen molar-refractivity contribution in [1.82, 2.24) is 24.1 Å². The van der Waals surface area contributed by atoms with Crippen LogP contribution in [0.3, 0.4) is 0 Å². The van der Waals surface area contributed by atoms with Crippen molar-refractivity contribution in [1.29, 1.82) is 0 Å². The predicted molar refractivity (Wildman–Crippen MR) is 53.0 cm³/mol. The van der Waals surface area contributed by atoms with Gasteiger partial charge in [-0.2, -0.15) is 9.47 Å².